The minimum Gasteiger partial charge on any atom is -0.316 e. The van der Waals surface area contributed by atoms with Gasteiger partial charge in [0.1, 0.15) is 5.82 Å². The van der Waals surface area contributed by atoms with Gasteiger partial charge < -0.3 is 5.32 Å². The molecule has 0 radical (unpaired) electrons. The second kappa shape index (κ2) is 7.56. The van der Waals surface area contributed by atoms with Crippen LogP contribution in [0.1, 0.15) is 51.0 Å². The lowest BCUT2D eigenvalue weighted by Crippen LogP contribution is -2.38. The van der Waals surface area contributed by atoms with Gasteiger partial charge in [-0.2, -0.15) is 0 Å². The van der Waals surface area contributed by atoms with E-state index in [0.717, 1.165) is 25.1 Å². The fraction of sp³-hybridized carbons (Fsp3) is 0.647. The molecule has 1 nitrogen and oxygen atoms in total. The Morgan fingerprint density at radius 2 is 2.00 bits per heavy atom. The lowest BCUT2D eigenvalue weighted by atomic mass is 9.70. The van der Waals surface area contributed by atoms with Gasteiger partial charge in [0.2, 0.25) is 0 Å². The molecule has 0 aromatic heterocycles. The second-order valence-electron chi connectivity index (χ2n) is 6.13. The van der Waals surface area contributed by atoms with Crippen LogP contribution in [0.3, 0.4) is 0 Å². The largest absolute Gasteiger partial charge is 0.316 e. The van der Waals surface area contributed by atoms with Crippen LogP contribution < -0.4 is 5.32 Å². The summed E-state index contributed by atoms with van der Waals surface area (Å²) in [4.78, 5) is 0. The van der Waals surface area contributed by atoms with Crippen molar-refractivity contribution in [2.75, 3.05) is 13.1 Å². The van der Waals surface area contributed by atoms with Crippen LogP contribution in [-0.2, 0) is 6.42 Å². The zero-order valence-electron chi connectivity index (χ0n) is 12.4. The molecule has 1 aliphatic rings. The molecule has 0 spiro atoms. The smallest absolute Gasteiger partial charge is 0.137 e. The Hall–Kier alpha value is -0.410. The lowest BCUT2D eigenvalue weighted by molar-refractivity contribution is 0.180. The zero-order valence-corrected chi connectivity index (χ0v) is 13.9. The Kier molecular flexibility index (Phi) is 6.03. The number of rotatable bonds is 6. The minimum atomic E-state index is -0.144. The number of benzene rings is 1. The van der Waals surface area contributed by atoms with Gasteiger partial charge in [-0.25, -0.2) is 4.39 Å². The van der Waals surface area contributed by atoms with Gasteiger partial charge in [-0.1, -0.05) is 38.3 Å². The van der Waals surface area contributed by atoms with Gasteiger partial charge in [0.15, 0.2) is 0 Å². The highest BCUT2D eigenvalue weighted by Crippen LogP contribution is 2.40. The van der Waals surface area contributed by atoms with E-state index in [1.165, 1.54) is 44.6 Å². The Morgan fingerprint density at radius 3 is 2.70 bits per heavy atom. The molecule has 0 bridgehead atoms. The van der Waals surface area contributed by atoms with Crippen molar-refractivity contribution in [3.8, 4) is 0 Å². The van der Waals surface area contributed by atoms with Crippen molar-refractivity contribution in [3.63, 3.8) is 0 Å². The van der Waals surface area contributed by atoms with E-state index in [0.29, 0.717) is 9.89 Å². The number of hydrogen-bond acceptors (Lipinski definition) is 1. The molecule has 1 aromatic rings. The van der Waals surface area contributed by atoms with Crippen molar-refractivity contribution in [1.82, 2.24) is 5.32 Å². The average Bonchev–Trinajstić information content (AvgIpc) is 2.45. The van der Waals surface area contributed by atoms with Crippen molar-refractivity contribution in [1.29, 1.82) is 0 Å². The van der Waals surface area contributed by atoms with Gasteiger partial charge in [0.05, 0.1) is 4.47 Å². The monoisotopic (exact) mass is 341 g/mol. The molecule has 1 saturated carbocycles. The van der Waals surface area contributed by atoms with Crippen molar-refractivity contribution < 1.29 is 4.39 Å². The molecule has 0 unspecified atom stereocenters. The fourth-order valence-electron chi connectivity index (χ4n) is 3.34. The zero-order chi connectivity index (χ0) is 14.4. The first-order valence-electron chi connectivity index (χ1n) is 7.80. The Bertz CT molecular complexity index is 427. The topological polar surface area (TPSA) is 12.0 Å². The SMILES string of the molecule is CCCNCC1(Cc2cccc(F)c2Br)CCCCC1. The first kappa shape index (κ1) is 16.0. The van der Waals surface area contributed by atoms with E-state index in [-0.39, 0.29) is 5.82 Å². The first-order valence-corrected chi connectivity index (χ1v) is 8.60. The maximum atomic E-state index is 13.7. The molecule has 1 N–H and O–H groups in total. The fourth-order valence-corrected chi connectivity index (χ4v) is 3.74. The van der Waals surface area contributed by atoms with Gasteiger partial charge in [-0.15, -0.1) is 0 Å². The van der Waals surface area contributed by atoms with Crippen LogP contribution >= 0.6 is 15.9 Å². The first-order chi connectivity index (χ1) is 9.67. The Morgan fingerprint density at radius 1 is 1.25 bits per heavy atom. The molecule has 0 amide bonds. The summed E-state index contributed by atoms with van der Waals surface area (Å²) in [5.74, 6) is -0.144. The molecule has 1 aromatic carbocycles. The maximum absolute atomic E-state index is 13.7. The summed E-state index contributed by atoms with van der Waals surface area (Å²) in [6.07, 6.45) is 8.61. The van der Waals surface area contributed by atoms with E-state index in [2.05, 4.69) is 34.2 Å². The van der Waals surface area contributed by atoms with Crippen LogP contribution in [-0.4, -0.2) is 13.1 Å². The highest BCUT2D eigenvalue weighted by molar-refractivity contribution is 9.10. The van der Waals surface area contributed by atoms with E-state index in [1.807, 2.05) is 6.07 Å². The molecule has 112 valence electrons. The van der Waals surface area contributed by atoms with Crippen LogP contribution in [0.15, 0.2) is 22.7 Å². The van der Waals surface area contributed by atoms with E-state index in [4.69, 9.17) is 0 Å². The van der Waals surface area contributed by atoms with Gasteiger partial charge in [0.25, 0.3) is 0 Å². The summed E-state index contributed by atoms with van der Waals surface area (Å²) in [5, 5.41) is 3.59. The van der Waals surface area contributed by atoms with E-state index >= 15 is 0 Å². The third-order valence-electron chi connectivity index (χ3n) is 4.44. The van der Waals surface area contributed by atoms with Gasteiger partial charge in [-0.05, 0) is 65.2 Å². The molecule has 0 aliphatic heterocycles. The minimum absolute atomic E-state index is 0.144. The molecular formula is C17H25BrFN. The molecule has 0 atom stereocenters. The van der Waals surface area contributed by atoms with Crippen LogP contribution in [0.4, 0.5) is 4.39 Å². The predicted octanol–water partition coefficient (Wildman–Crippen LogP) is 5.08. The van der Waals surface area contributed by atoms with Gasteiger partial charge in [0, 0.05) is 6.54 Å². The third-order valence-corrected chi connectivity index (χ3v) is 5.33. The molecule has 3 heteroatoms. The van der Waals surface area contributed by atoms with Crippen LogP contribution in [0.25, 0.3) is 0 Å². The summed E-state index contributed by atoms with van der Waals surface area (Å²) in [6.45, 7) is 4.33. The molecule has 20 heavy (non-hydrogen) atoms. The number of halogens is 2. The van der Waals surface area contributed by atoms with E-state index in [9.17, 15) is 4.39 Å². The highest BCUT2D eigenvalue weighted by atomic mass is 79.9. The second-order valence-corrected chi connectivity index (χ2v) is 6.92. The number of hydrogen-bond donors (Lipinski definition) is 1. The summed E-state index contributed by atoms with van der Waals surface area (Å²) in [5.41, 5.74) is 1.43. The van der Waals surface area contributed by atoms with E-state index < -0.39 is 0 Å². The van der Waals surface area contributed by atoms with Crippen molar-refractivity contribution in [3.05, 3.63) is 34.1 Å². The van der Waals surface area contributed by atoms with Gasteiger partial charge in [-0.3, -0.25) is 0 Å². The average molecular weight is 342 g/mol. The molecule has 0 heterocycles. The molecular weight excluding hydrogens is 317 g/mol. The summed E-state index contributed by atoms with van der Waals surface area (Å²) in [6, 6.07) is 5.41. The van der Waals surface area contributed by atoms with Crippen LogP contribution in [0.2, 0.25) is 0 Å². The van der Waals surface area contributed by atoms with Crippen molar-refractivity contribution >= 4 is 15.9 Å². The number of nitrogens with one attached hydrogen (secondary N) is 1. The molecule has 0 saturated heterocycles. The normalized spacial score (nSPS) is 18.1. The third kappa shape index (κ3) is 4.05. The summed E-state index contributed by atoms with van der Waals surface area (Å²) < 4.78 is 14.4. The predicted molar refractivity (Wildman–Crippen MR) is 86.5 cm³/mol. The van der Waals surface area contributed by atoms with E-state index in [1.54, 1.807) is 0 Å². The van der Waals surface area contributed by atoms with Crippen molar-refractivity contribution in [2.24, 2.45) is 5.41 Å². The Labute approximate surface area is 130 Å². The lowest BCUT2D eigenvalue weighted by Gasteiger charge is -2.38. The summed E-state index contributed by atoms with van der Waals surface area (Å²) >= 11 is 3.42. The van der Waals surface area contributed by atoms with Crippen molar-refractivity contribution in [2.45, 2.75) is 51.9 Å². The standard InChI is InChI=1S/C17H25BrFN/c1-2-11-20-13-17(9-4-3-5-10-17)12-14-7-6-8-15(19)16(14)18/h6-8,20H,2-5,9-13H2,1H3. The van der Waals surface area contributed by atoms with Crippen LogP contribution in [0, 0.1) is 11.2 Å². The Balaban J connectivity index is 2.12. The highest BCUT2D eigenvalue weighted by Gasteiger charge is 2.32. The molecule has 1 fully saturated rings. The molecule has 1 aliphatic carbocycles. The maximum Gasteiger partial charge on any atom is 0.137 e. The molecule has 2 rings (SSSR count). The quantitative estimate of drug-likeness (QED) is 0.711. The van der Waals surface area contributed by atoms with Gasteiger partial charge >= 0.3 is 0 Å². The summed E-state index contributed by atoms with van der Waals surface area (Å²) in [7, 11) is 0. The van der Waals surface area contributed by atoms with Crippen LogP contribution in [0.5, 0.6) is 0 Å².